The van der Waals surface area contributed by atoms with Crippen LogP contribution >= 0.6 is 28.3 Å². The van der Waals surface area contributed by atoms with E-state index >= 15 is 0 Å². The third-order valence-electron chi connectivity index (χ3n) is 3.07. The fraction of sp³-hybridized carbons (Fsp3) is 0.462. The number of hydrogen-bond donors (Lipinski definition) is 1. The molecule has 0 spiro atoms. The minimum Gasteiger partial charge on any atom is -0.336 e. The summed E-state index contributed by atoms with van der Waals surface area (Å²) in [6.07, 6.45) is 0. The van der Waals surface area contributed by atoms with Crippen LogP contribution < -0.4 is 5.32 Å². The summed E-state index contributed by atoms with van der Waals surface area (Å²) in [5, 5.41) is 3.34. The molecule has 1 heterocycles. The maximum Gasteiger partial charge on any atom is 0.253 e. The molecule has 1 saturated heterocycles. The Bertz CT molecular complexity index is 439. The lowest BCUT2D eigenvalue weighted by Gasteiger charge is -2.32. The molecule has 18 heavy (non-hydrogen) atoms. The van der Waals surface area contributed by atoms with E-state index < -0.39 is 0 Å². The van der Waals surface area contributed by atoms with Crippen LogP contribution in [0, 0.1) is 6.92 Å². The number of hydrogen-bond acceptors (Lipinski definition) is 2. The van der Waals surface area contributed by atoms with Gasteiger partial charge in [0.15, 0.2) is 0 Å². The Labute approximate surface area is 122 Å². The molecule has 1 fully saturated rings. The van der Waals surface area contributed by atoms with Crippen molar-refractivity contribution in [2.24, 2.45) is 0 Å². The van der Waals surface area contributed by atoms with Gasteiger partial charge in [-0.25, -0.2) is 0 Å². The molecule has 3 nitrogen and oxygen atoms in total. The van der Waals surface area contributed by atoms with E-state index in [0.717, 1.165) is 35.2 Å². The molecule has 1 unspecified atom stereocenters. The molecule has 0 bridgehead atoms. The largest absolute Gasteiger partial charge is 0.336 e. The quantitative estimate of drug-likeness (QED) is 0.857. The fourth-order valence-electron chi connectivity index (χ4n) is 2.03. The Kier molecular flexibility index (Phi) is 5.63. The van der Waals surface area contributed by atoms with E-state index in [4.69, 9.17) is 0 Å². The zero-order valence-electron chi connectivity index (χ0n) is 10.6. The topological polar surface area (TPSA) is 32.3 Å². The van der Waals surface area contributed by atoms with Crippen LogP contribution in [0.2, 0.25) is 0 Å². The van der Waals surface area contributed by atoms with E-state index in [1.54, 1.807) is 0 Å². The second kappa shape index (κ2) is 6.55. The lowest BCUT2D eigenvalue weighted by Crippen LogP contribution is -2.51. The highest BCUT2D eigenvalue weighted by molar-refractivity contribution is 9.10. The molecular weight excluding hydrogens is 316 g/mol. The smallest absolute Gasteiger partial charge is 0.253 e. The number of aryl methyl sites for hydroxylation is 1. The van der Waals surface area contributed by atoms with Gasteiger partial charge >= 0.3 is 0 Å². The second-order valence-corrected chi connectivity index (χ2v) is 5.42. The van der Waals surface area contributed by atoms with E-state index in [1.165, 1.54) is 0 Å². The molecule has 100 valence electrons. The summed E-state index contributed by atoms with van der Waals surface area (Å²) in [5.74, 6) is 0.124. The number of carbonyl (C=O) groups is 1. The third kappa shape index (κ3) is 3.46. The zero-order chi connectivity index (χ0) is 12.4. The van der Waals surface area contributed by atoms with Crippen LogP contribution in [-0.4, -0.2) is 36.5 Å². The molecular formula is C13H18BrClN2O. The van der Waals surface area contributed by atoms with Gasteiger partial charge in [0.1, 0.15) is 0 Å². The number of halogens is 2. The monoisotopic (exact) mass is 332 g/mol. The Morgan fingerprint density at radius 3 is 2.83 bits per heavy atom. The van der Waals surface area contributed by atoms with Gasteiger partial charge in [0, 0.05) is 35.7 Å². The number of piperazine rings is 1. The highest BCUT2D eigenvalue weighted by atomic mass is 79.9. The fourth-order valence-corrected chi connectivity index (χ4v) is 2.40. The summed E-state index contributed by atoms with van der Waals surface area (Å²) < 4.78 is 0.992. The maximum atomic E-state index is 12.3. The number of benzene rings is 1. The number of nitrogens with zero attached hydrogens (tertiary/aromatic N) is 1. The minimum absolute atomic E-state index is 0. The van der Waals surface area contributed by atoms with E-state index in [1.807, 2.05) is 30.0 Å². The van der Waals surface area contributed by atoms with Gasteiger partial charge < -0.3 is 10.2 Å². The van der Waals surface area contributed by atoms with Crippen molar-refractivity contribution in [3.63, 3.8) is 0 Å². The molecule has 1 atom stereocenters. The standard InChI is InChI=1S/C13H17BrN2O.ClH/c1-9-3-4-11(7-12(9)14)13(17)16-6-5-15-10(2)8-16;/h3-4,7,10,15H,5-6,8H2,1-2H3;1H. The molecule has 1 N–H and O–H groups in total. The van der Waals surface area contributed by atoms with E-state index in [0.29, 0.717) is 6.04 Å². The molecule has 1 aromatic rings. The van der Waals surface area contributed by atoms with Crippen LogP contribution in [0.3, 0.4) is 0 Å². The van der Waals surface area contributed by atoms with Gasteiger partial charge in [0.2, 0.25) is 0 Å². The van der Waals surface area contributed by atoms with Crippen molar-refractivity contribution in [3.8, 4) is 0 Å². The van der Waals surface area contributed by atoms with E-state index in [-0.39, 0.29) is 18.3 Å². The Morgan fingerprint density at radius 1 is 1.50 bits per heavy atom. The summed E-state index contributed by atoms with van der Waals surface area (Å²) >= 11 is 3.47. The van der Waals surface area contributed by atoms with Crippen molar-refractivity contribution in [1.29, 1.82) is 0 Å². The number of amides is 1. The van der Waals surface area contributed by atoms with Crippen LogP contribution in [-0.2, 0) is 0 Å². The van der Waals surface area contributed by atoms with Gasteiger partial charge in [-0.3, -0.25) is 4.79 Å². The van der Waals surface area contributed by atoms with Crippen LogP contribution in [0.4, 0.5) is 0 Å². The molecule has 0 aromatic heterocycles. The predicted octanol–water partition coefficient (Wildman–Crippen LogP) is 2.61. The average Bonchev–Trinajstić information content (AvgIpc) is 2.32. The zero-order valence-corrected chi connectivity index (χ0v) is 13.0. The van der Waals surface area contributed by atoms with E-state index in [2.05, 4.69) is 28.2 Å². The van der Waals surface area contributed by atoms with Crippen LogP contribution in [0.15, 0.2) is 22.7 Å². The first-order valence-electron chi connectivity index (χ1n) is 5.87. The van der Waals surface area contributed by atoms with Crippen LogP contribution in [0.1, 0.15) is 22.8 Å². The molecule has 1 amide bonds. The SMILES string of the molecule is Cc1ccc(C(=O)N2CCNC(C)C2)cc1Br.Cl. The van der Waals surface area contributed by atoms with Crippen molar-refractivity contribution >= 4 is 34.2 Å². The summed E-state index contributed by atoms with van der Waals surface area (Å²) in [6, 6.07) is 6.16. The first-order valence-corrected chi connectivity index (χ1v) is 6.66. The molecule has 1 aliphatic rings. The summed E-state index contributed by atoms with van der Waals surface area (Å²) in [6.45, 7) is 6.56. The molecule has 5 heteroatoms. The normalized spacial score (nSPS) is 19.3. The van der Waals surface area contributed by atoms with E-state index in [9.17, 15) is 4.79 Å². The molecule has 0 saturated carbocycles. The number of carbonyl (C=O) groups excluding carboxylic acids is 1. The maximum absolute atomic E-state index is 12.3. The Morgan fingerprint density at radius 2 is 2.22 bits per heavy atom. The second-order valence-electron chi connectivity index (χ2n) is 4.57. The van der Waals surface area contributed by atoms with Gasteiger partial charge in [-0.05, 0) is 31.5 Å². The van der Waals surface area contributed by atoms with Crippen molar-refractivity contribution < 1.29 is 4.79 Å². The van der Waals surface area contributed by atoms with Crippen LogP contribution in [0.25, 0.3) is 0 Å². The molecule has 0 aliphatic carbocycles. The third-order valence-corrected chi connectivity index (χ3v) is 3.93. The molecule has 0 radical (unpaired) electrons. The van der Waals surface area contributed by atoms with Gasteiger partial charge in [0.05, 0.1) is 0 Å². The van der Waals surface area contributed by atoms with Crippen molar-refractivity contribution in [2.45, 2.75) is 19.9 Å². The van der Waals surface area contributed by atoms with Crippen molar-refractivity contribution in [3.05, 3.63) is 33.8 Å². The summed E-state index contributed by atoms with van der Waals surface area (Å²) in [7, 11) is 0. The lowest BCUT2D eigenvalue weighted by molar-refractivity contribution is 0.0709. The van der Waals surface area contributed by atoms with Gasteiger partial charge in [0.25, 0.3) is 5.91 Å². The Hall–Kier alpha value is -0.580. The first kappa shape index (κ1) is 15.5. The van der Waals surface area contributed by atoms with Gasteiger partial charge in [-0.2, -0.15) is 0 Å². The minimum atomic E-state index is 0. The highest BCUT2D eigenvalue weighted by Gasteiger charge is 2.21. The average molecular weight is 334 g/mol. The molecule has 1 aliphatic heterocycles. The lowest BCUT2D eigenvalue weighted by atomic mass is 10.1. The van der Waals surface area contributed by atoms with Gasteiger partial charge in [-0.15, -0.1) is 12.4 Å². The number of rotatable bonds is 1. The first-order chi connectivity index (χ1) is 8.08. The van der Waals surface area contributed by atoms with Crippen molar-refractivity contribution in [2.75, 3.05) is 19.6 Å². The number of nitrogens with one attached hydrogen (secondary N) is 1. The van der Waals surface area contributed by atoms with Crippen LogP contribution in [0.5, 0.6) is 0 Å². The summed E-state index contributed by atoms with van der Waals surface area (Å²) in [4.78, 5) is 14.2. The predicted molar refractivity (Wildman–Crippen MR) is 79.5 cm³/mol. The van der Waals surface area contributed by atoms with Crippen molar-refractivity contribution in [1.82, 2.24) is 10.2 Å². The molecule has 1 aromatic carbocycles. The highest BCUT2D eigenvalue weighted by Crippen LogP contribution is 2.19. The summed E-state index contributed by atoms with van der Waals surface area (Å²) in [5.41, 5.74) is 1.91. The Balaban J connectivity index is 0.00000162. The van der Waals surface area contributed by atoms with Gasteiger partial charge in [-0.1, -0.05) is 22.0 Å². The molecule has 2 rings (SSSR count).